The van der Waals surface area contributed by atoms with Gasteiger partial charge in [-0.05, 0) is 19.1 Å². The summed E-state index contributed by atoms with van der Waals surface area (Å²) >= 11 is 0. The van der Waals surface area contributed by atoms with Crippen LogP contribution in [0.4, 0.5) is 5.82 Å². The molecule has 1 amide bonds. The predicted molar refractivity (Wildman–Crippen MR) is 82.3 cm³/mol. The number of aromatic nitrogens is 4. The first-order valence-electron chi connectivity index (χ1n) is 7.51. The number of rotatable bonds is 5. The van der Waals surface area contributed by atoms with Gasteiger partial charge in [-0.2, -0.15) is 0 Å². The van der Waals surface area contributed by atoms with Crippen molar-refractivity contribution in [2.45, 2.75) is 19.1 Å². The second-order valence-corrected chi connectivity index (χ2v) is 5.23. The molecule has 0 saturated carbocycles. The van der Waals surface area contributed by atoms with E-state index in [2.05, 4.69) is 15.3 Å². The van der Waals surface area contributed by atoms with E-state index in [1.807, 2.05) is 13.0 Å². The fourth-order valence-corrected chi connectivity index (χ4v) is 2.51. The highest BCUT2D eigenvalue weighted by molar-refractivity contribution is 6.03. The van der Waals surface area contributed by atoms with Crippen molar-refractivity contribution in [2.75, 3.05) is 31.8 Å². The van der Waals surface area contributed by atoms with Gasteiger partial charge in [-0.3, -0.25) is 9.69 Å². The van der Waals surface area contributed by atoms with Gasteiger partial charge < -0.3 is 9.47 Å². The van der Waals surface area contributed by atoms with E-state index in [-0.39, 0.29) is 23.7 Å². The first-order valence-corrected chi connectivity index (χ1v) is 7.51. The SMILES string of the molecule is CCO[C@@H]1COC[C@H]1n1cc(C(=O)N(C)c2ccccn2)nn1. The van der Waals surface area contributed by atoms with Crippen LogP contribution in [0.5, 0.6) is 0 Å². The molecule has 8 heteroatoms. The van der Waals surface area contributed by atoms with Crippen LogP contribution in [0, 0.1) is 0 Å². The van der Waals surface area contributed by atoms with Crippen molar-refractivity contribution in [3.8, 4) is 0 Å². The smallest absolute Gasteiger partial charge is 0.281 e. The van der Waals surface area contributed by atoms with Crippen molar-refractivity contribution < 1.29 is 14.3 Å². The molecule has 0 bridgehead atoms. The van der Waals surface area contributed by atoms with Gasteiger partial charge in [0.1, 0.15) is 18.0 Å². The molecule has 0 aromatic carbocycles. The quantitative estimate of drug-likeness (QED) is 0.816. The number of ether oxygens (including phenoxy) is 2. The summed E-state index contributed by atoms with van der Waals surface area (Å²) in [6, 6.07) is 5.32. The highest BCUT2D eigenvalue weighted by Crippen LogP contribution is 2.22. The Morgan fingerprint density at radius 1 is 1.48 bits per heavy atom. The monoisotopic (exact) mass is 317 g/mol. The van der Waals surface area contributed by atoms with Crippen LogP contribution in [-0.4, -0.2) is 58.9 Å². The maximum atomic E-state index is 12.5. The molecule has 0 N–H and O–H groups in total. The Morgan fingerprint density at radius 3 is 3.09 bits per heavy atom. The zero-order chi connectivity index (χ0) is 16.2. The molecule has 1 saturated heterocycles. The summed E-state index contributed by atoms with van der Waals surface area (Å²) in [5, 5.41) is 8.05. The Morgan fingerprint density at radius 2 is 2.35 bits per heavy atom. The maximum Gasteiger partial charge on any atom is 0.281 e. The van der Waals surface area contributed by atoms with Crippen LogP contribution in [0.3, 0.4) is 0 Å². The molecule has 1 aliphatic rings. The van der Waals surface area contributed by atoms with Gasteiger partial charge in [-0.15, -0.1) is 5.10 Å². The van der Waals surface area contributed by atoms with Gasteiger partial charge in [0.2, 0.25) is 0 Å². The first kappa shape index (κ1) is 15.6. The minimum absolute atomic E-state index is 0.0656. The van der Waals surface area contributed by atoms with Crippen molar-refractivity contribution in [1.29, 1.82) is 0 Å². The molecular weight excluding hydrogens is 298 g/mol. The third kappa shape index (κ3) is 3.22. The molecule has 2 atom stereocenters. The Labute approximate surface area is 134 Å². The molecule has 0 aliphatic carbocycles. The number of nitrogens with zero attached hydrogens (tertiary/aromatic N) is 5. The van der Waals surface area contributed by atoms with Crippen LogP contribution in [0.15, 0.2) is 30.6 Å². The van der Waals surface area contributed by atoms with E-state index in [1.54, 1.807) is 36.3 Å². The van der Waals surface area contributed by atoms with Crippen molar-refractivity contribution in [3.05, 3.63) is 36.3 Å². The molecule has 8 nitrogen and oxygen atoms in total. The lowest BCUT2D eigenvalue weighted by atomic mass is 10.2. The van der Waals surface area contributed by atoms with E-state index in [9.17, 15) is 4.79 Å². The molecule has 1 aliphatic heterocycles. The molecule has 3 rings (SSSR count). The van der Waals surface area contributed by atoms with E-state index >= 15 is 0 Å². The first-order chi connectivity index (χ1) is 11.2. The average Bonchev–Trinajstić information content (AvgIpc) is 3.23. The lowest BCUT2D eigenvalue weighted by molar-refractivity contribution is 0.0340. The van der Waals surface area contributed by atoms with Crippen LogP contribution in [-0.2, 0) is 9.47 Å². The molecule has 0 radical (unpaired) electrons. The molecular formula is C15H19N5O3. The fraction of sp³-hybridized carbons (Fsp3) is 0.467. The van der Waals surface area contributed by atoms with Crippen molar-refractivity contribution in [2.24, 2.45) is 0 Å². The van der Waals surface area contributed by atoms with Crippen LogP contribution in [0.25, 0.3) is 0 Å². The summed E-state index contributed by atoms with van der Waals surface area (Å²) in [6.45, 7) is 3.56. The van der Waals surface area contributed by atoms with Gasteiger partial charge in [0.05, 0.1) is 19.4 Å². The summed E-state index contributed by atoms with van der Waals surface area (Å²) < 4.78 is 12.7. The number of anilines is 1. The molecule has 0 spiro atoms. The Balaban J connectivity index is 1.75. The van der Waals surface area contributed by atoms with Crippen molar-refractivity contribution in [1.82, 2.24) is 20.0 Å². The Kier molecular flexibility index (Phi) is 4.63. The van der Waals surface area contributed by atoms with E-state index in [1.165, 1.54) is 4.90 Å². The highest BCUT2D eigenvalue weighted by Gasteiger charge is 2.32. The minimum Gasteiger partial charge on any atom is -0.376 e. The van der Waals surface area contributed by atoms with Crippen molar-refractivity contribution >= 4 is 11.7 Å². The maximum absolute atomic E-state index is 12.5. The van der Waals surface area contributed by atoms with E-state index in [0.29, 0.717) is 25.6 Å². The predicted octanol–water partition coefficient (Wildman–Crippen LogP) is 0.926. The number of pyridine rings is 1. The largest absolute Gasteiger partial charge is 0.376 e. The molecule has 3 heterocycles. The van der Waals surface area contributed by atoms with Crippen molar-refractivity contribution in [3.63, 3.8) is 0 Å². The number of hydrogen-bond acceptors (Lipinski definition) is 6. The molecule has 0 unspecified atom stereocenters. The van der Waals surface area contributed by atoms with Crippen LogP contribution in [0.2, 0.25) is 0 Å². The van der Waals surface area contributed by atoms with Gasteiger partial charge in [0, 0.05) is 19.9 Å². The normalized spacial score (nSPS) is 20.6. The topological polar surface area (TPSA) is 82.4 Å². The minimum atomic E-state index is -0.262. The standard InChI is InChI=1S/C15H19N5O3/c1-3-23-13-10-22-9-12(13)20-8-11(17-18-20)15(21)19(2)14-6-4-5-7-16-14/h4-8,12-13H,3,9-10H2,1-2H3/t12-,13-/m1/s1. The van der Waals surface area contributed by atoms with Crippen LogP contribution < -0.4 is 4.90 Å². The molecule has 2 aromatic heterocycles. The fourth-order valence-electron chi connectivity index (χ4n) is 2.51. The molecule has 2 aromatic rings. The zero-order valence-electron chi connectivity index (χ0n) is 13.1. The van der Waals surface area contributed by atoms with E-state index in [0.717, 1.165) is 0 Å². The molecule has 23 heavy (non-hydrogen) atoms. The lowest BCUT2D eigenvalue weighted by Gasteiger charge is -2.17. The summed E-state index contributed by atoms with van der Waals surface area (Å²) in [4.78, 5) is 18.1. The molecule has 122 valence electrons. The highest BCUT2D eigenvalue weighted by atomic mass is 16.5. The summed E-state index contributed by atoms with van der Waals surface area (Å²) in [5.74, 6) is 0.297. The molecule has 1 fully saturated rings. The average molecular weight is 317 g/mol. The van der Waals surface area contributed by atoms with Crippen LogP contribution >= 0.6 is 0 Å². The Hall–Kier alpha value is -2.32. The van der Waals surface area contributed by atoms with Gasteiger partial charge in [0.25, 0.3) is 5.91 Å². The van der Waals surface area contributed by atoms with Gasteiger partial charge in [0.15, 0.2) is 5.69 Å². The number of carbonyl (C=O) groups excluding carboxylic acids is 1. The second kappa shape index (κ2) is 6.84. The summed E-state index contributed by atoms with van der Waals surface area (Å²) in [6.07, 6.45) is 3.20. The second-order valence-electron chi connectivity index (χ2n) is 5.23. The van der Waals surface area contributed by atoms with E-state index in [4.69, 9.17) is 9.47 Å². The van der Waals surface area contributed by atoms with Gasteiger partial charge in [-0.1, -0.05) is 11.3 Å². The number of carbonyl (C=O) groups is 1. The third-order valence-corrected chi connectivity index (χ3v) is 3.75. The lowest BCUT2D eigenvalue weighted by Crippen LogP contribution is -2.27. The third-order valence-electron chi connectivity index (χ3n) is 3.75. The number of hydrogen-bond donors (Lipinski definition) is 0. The van der Waals surface area contributed by atoms with Gasteiger partial charge in [-0.25, -0.2) is 9.67 Å². The number of amides is 1. The zero-order valence-corrected chi connectivity index (χ0v) is 13.1. The van der Waals surface area contributed by atoms with Gasteiger partial charge >= 0.3 is 0 Å². The Bertz CT molecular complexity index is 660. The van der Waals surface area contributed by atoms with E-state index < -0.39 is 0 Å². The van der Waals surface area contributed by atoms with Crippen LogP contribution in [0.1, 0.15) is 23.5 Å². The summed E-state index contributed by atoms with van der Waals surface area (Å²) in [7, 11) is 1.66. The summed E-state index contributed by atoms with van der Waals surface area (Å²) in [5.41, 5.74) is 0.264.